The van der Waals surface area contributed by atoms with Gasteiger partial charge in [0.15, 0.2) is 11.6 Å². The minimum atomic E-state index is -1.44. The molecule has 12 nitrogen and oxygen atoms in total. The van der Waals surface area contributed by atoms with Crippen LogP contribution >= 0.6 is 0 Å². The van der Waals surface area contributed by atoms with Crippen LogP contribution in [-0.2, 0) is 49.4 Å². The van der Waals surface area contributed by atoms with Crippen molar-refractivity contribution in [2.45, 2.75) is 211 Å². The number of Topliss-reactive ketones (excluding diaryl/α,β-unsaturated/α-hetero) is 1. The number of fused-ring (bicyclic) bond motifs is 16. The number of carbonyl (C=O) groups excluding carboxylic acids is 1. The molecule has 362 valence electrons. The Morgan fingerprint density at radius 3 is 2.03 bits per heavy atom. The molecule has 4 aliphatic heterocycles. The molecule has 0 amide bonds. The summed E-state index contributed by atoms with van der Waals surface area (Å²) in [5.41, 5.74) is -1.11. The second-order valence-electron chi connectivity index (χ2n) is 26.8. The van der Waals surface area contributed by atoms with E-state index in [4.69, 9.17) is 28.9 Å². The van der Waals surface area contributed by atoms with E-state index in [0.29, 0.717) is 50.9 Å². The number of aliphatic hydroxyl groups is 5. The summed E-state index contributed by atoms with van der Waals surface area (Å²) in [4.78, 5) is 26.0. The average Bonchev–Trinajstić information content (AvgIpc) is 3.92. The maximum atomic E-state index is 14.9. The lowest BCUT2D eigenvalue weighted by Crippen LogP contribution is -2.66. The van der Waals surface area contributed by atoms with Crippen molar-refractivity contribution in [1.29, 1.82) is 0 Å². The number of ketones is 1. The van der Waals surface area contributed by atoms with E-state index in [1.807, 2.05) is 19.9 Å². The second-order valence-corrected chi connectivity index (χ2v) is 26.8. The van der Waals surface area contributed by atoms with Crippen LogP contribution in [0.4, 0.5) is 0 Å². The van der Waals surface area contributed by atoms with Crippen LogP contribution in [-0.4, -0.2) is 106 Å². The number of aromatic nitrogens is 2. The largest absolute Gasteiger partial charge is 0.392 e. The first-order valence-electron chi connectivity index (χ1n) is 26.2. The van der Waals surface area contributed by atoms with E-state index in [-0.39, 0.29) is 76.4 Å². The highest BCUT2D eigenvalue weighted by atomic mass is 16.7. The van der Waals surface area contributed by atoms with Crippen LogP contribution in [0.25, 0.3) is 0 Å². The summed E-state index contributed by atoms with van der Waals surface area (Å²) >= 11 is 0. The molecule has 8 aliphatic carbocycles. The van der Waals surface area contributed by atoms with Crippen LogP contribution in [0, 0.1) is 74.9 Å². The summed E-state index contributed by atoms with van der Waals surface area (Å²) in [6, 6.07) is 0. The van der Waals surface area contributed by atoms with Crippen molar-refractivity contribution in [3.8, 4) is 0 Å². The van der Waals surface area contributed by atoms with E-state index in [9.17, 15) is 30.3 Å². The van der Waals surface area contributed by atoms with Gasteiger partial charge in [-0.3, -0.25) is 14.8 Å². The Labute approximate surface area is 390 Å². The van der Waals surface area contributed by atoms with Gasteiger partial charge in [0.25, 0.3) is 0 Å². The highest BCUT2D eigenvalue weighted by molar-refractivity contribution is 5.88. The zero-order valence-corrected chi connectivity index (χ0v) is 40.9. The number of carbonyl (C=O) groups is 1. The first-order valence-corrected chi connectivity index (χ1v) is 26.2. The molecule has 4 saturated heterocycles. The Hall–Kier alpha value is -1.87. The van der Waals surface area contributed by atoms with Gasteiger partial charge in [-0.05, 0) is 132 Å². The molecule has 13 rings (SSSR count). The molecule has 1 aromatic heterocycles. The summed E-state index contributed by atoms with van der Waals surface area (Å²) < 4.78 is 26.6. The predicted molar refractivity (Wildman–Crippen MR) is 240 cm³/mol. The van der Waals surface area contributed by atoms with Crippen LogP contribution in [0.2, 0.25) is 0 Å². The lowest BCUT2D eigenvalue weighted by molar-refractivity contribution is -0.289. The summed E-state index contributed by atoms with van der Waals surface area (Å²) in [6.45, 7) is 19.1. The van der Waals surface area contributed by atoms with Gasteiger partial charge in [-0.25, -0.2) is 0 Å². The van der Waals surface area contributed by atoms with Crippen molar-refractivity contribution in [2.24, 2.45) is 74.9 Å². The lowest BCUT2D eigenvalue weighted by atomic mass is 9.42. The SMILES string of the molecule is C[C@@H]1[C@@]2(CC[C@](C)(O)CO2)O[C@H]2C=C3[C@H]4[C@H](O)C[C@@H]5Cc6nc7c(nc6C[C@]5(C)[C@@H]4C[C@H](O)[C@]3(C)[C@@]21O)C[C@H]1CC[C@@H]2[C@@H](CC(=O)[C@@]3(C)[C@H]4[C@@H](C[C@@]23O)O[C@]2(CCC(C)(C)O2)[C@H]4C)[C@@]1(C)C7. The fraction of sp³-hybridized carbons (Fsp3) is 0.870. The molecule has 9 fully saturated rings. The molecular formula is C54H76N2O10. The average molecular weight is 913 g/mol. The molecule has 12 aliphatic rings. The fourth-order valence-electron chi connectivity index (χ4n) is 19.6. The third-order valence-corrected chi connectivity index (χ3v) is 23.6. The number of hydrogen-bond donors (Lipinski definition) is 5. The van der Waals surface area contributed by atoms with Gasteiger partial charge in [-0.1, -0.05) is 46.3 Å². The normalized spacial score (nSPS) is 59.2. The summed E-state index contributed by atoms with van der Waals surface area (Å²) in [5.74, 6) is -1.86. The van der Waals surface area contributed by atoms with Crippen molar-refractivity contribution >= 4 is 5.78 Å². The van der Waals surface area contributed by atoms with Gasteiger partial charge in [0.05, 0.1) is 69.9 Å². The second kappa shape index (κ2) is 13.0. The van der Waals surface area contributed by atoms with Gasteiger partial charge in [0, 0.05) is 54.8 Å². The minimum Gasteiger partial charge on any atom is -0.392 e. The number of nitrogens with zero attached hydrogens (tertiary/aromatic N) is 2. The Morgan fingerprint density at radius 1 is 0.712 bits per heavy atom. The van der Waals surface area contributed by atoms with Gasteiger partial charge >= 0.3 is 0 Å². The van der Waals surface area contributed by atoms with Crippen LogP contribution in [0.5, 0.6) is 0 Å². The number of ether oxygens (including phenoxy) is 4. The molecule has 22 atom stereocenters. The third-order valence-electron chi connectivity index (χ3n) is 23.6. The fourth-order valence-corrected chi connectivity index (χ4v) is 19.6. The zero-order valence-electron chi connectivity index (χ0n) is 40.9. The van der Waals surface area contributed by atoms with Gasteiger partial charge in [0.1, 0.15) is 17.5 Å². The van der Waals surface area contributed by atoms with Gasteiger partial charge in [0.2, 0.25) is 0 Å². The summed E-state index contributed by atoms with van der Waals surface area (Å²) in [5, 5.41) is 61.5. The quantitative estimate of drug-likeness (QED) is 0.200. The van der Waals surface area contributed by atoms with Crippen molar-refractivity contribution in [3.63, 3.8) is 0 Å². The Morgan fingerprint density at radius 2 is 1.38 bits per heavy atom. The van der Waals surface area contributed by atoms with Gasteiger partial charge in [-0.15, -0.1) is 0 Å². The van der Waals surface area contributed by atoms with Crippen molar-refractivity contribution < 1.29 is 49.3 Å². The molecule has 2 spiro atoms. The monoisotopic (exact) mass is 913 g/mol. The molecule has 0 aromatic carbocycles. The smallest absolute Gasteiger partial charge is 0.174 e. The van der Waals surface area contributed by atoms with Gasteiger partial charge < -0.3 is 44.5 Å². The summed E-state index contributed by atoms with van der Waals surface area (Å²) in [6.07, 6.45) is 9.13. The van der Waals surface area contributed by atoms with Crippen LogP contribution < -0.4 is 0 Å². The molecular weight excluding hydrogens is 837 g/mol. The molecule has 66 heavy (non-hydrogen) atoms. The zero-order chi connectivity index (χ0) is 46.5. The van der Waals surface area contributed by atoms with E-state index in [2.05, 4.69) is 41.5 Å². The first kappa shape index (κ1) is 44.1. The Bertz CT molecular complexity index is 2340. The van der Waals surface area contributed by atoms with E-state index in [1.54, 1.807) is 6.92 Å². The third kappa shape index (κ3) is 5.02. The molecule has 0 bridgehead atoms. The standard InChI is InChI=1S/C54H76N2O10/c1-26-44-39(64-52(26)14-12-45(3,4)66-52)24-51(61)30-11-10-28-16-34-36(22-47(28,6)31(30)19-41(59)50(44,51)9)56-35-17-29-18-38(57)43-32(48(29,7)23-37(35)55-34)20-40(58)49(8)33(43)21-42-54(49,62)27(2)53(65-42)15-13-46(5,60)25-63-53/h21,26-32,38-40,42-44,57-58,60-62H,10-20,22-25H2,1-9H3/t26-,27+,28+,29-,30+,31+,32+,38+,39+,40-,42-,43-,44+,46-,47-,48-,49+,50-,51+,52-,53+,54-/m0/s1. The predicted octanol–water partition coefficient (Wildman–Crippen LogP) is 5.73. The molecule has 5 heterocycles. The summed E-state index contributed by atoms with van der Waals surface area (Å²) in [7, 11) is 0. The van der Waals surface area contributed by atoms with Crippen molar-refractivity contribution in [3.05, 3.63) is 34.4 Å². The number of aliphatic hydroxyl groups excluding tert-OH is 2. The molecule has 0 radical (unpaired) electrons. The topological polar surface area (TPSA) is 181 Å². The van der Waals surface area contributed by atoms with Crippen molar-refractivity contribution in [2.75, 3.05) is 6.61 Å². The van der Waals surface area contributed by atoms with Gasteiger partial charge in [-0.2, -0.15) is 0 Å². The minimum absolute atomic E-state index is 0.00122. The first-order chi connectivity index (χ1) is 30.8. The Kier molecular flexibility index (Phi) is 8.66. The number of rotatable bonds is 0. The molecule has 5 saturated carbocycles. The molecule has 1 aromatic rings. The lowest BCUT2D eigenvalue weighted by Gasteiger charge is -2.63. The van der Waals surface area contributed by atoms with E-state index < -0.39 is 63.4 Å². The number of hydrogen-bond acceptors (Lipinski definition) is 12. The van der Waals surface area contributed by atoms with E-state index >= 15 is 0 Å². The maximum Gasteiger partial charge on any atom is 0.174 e. The molecule has 5 N–H and O–H groups in total. The van der Waals surface area contributed by atoms with E-state index in [1.165, 1.54) is 0 Å². The van der Waals surface area contributed by atoms with Crippen LogP contribution in [0.1, 0.15) is 149 Å². The van der Waals surface area contributed by atoms with Crippen LogP contribution in [0.3, 0.4) is 0 Å². The molecule has 12 heteroatoms. The highest BCUT2D eigenvalue weighted by Crippen LogP contribution is 2.74. The van der Waals surface area contributed by atoms with Crippen molar-refractivity contribution in [1.82, 2.24) is 9.97 Å². The Balaban J connectivity index is 0.775. The maximum absolute atomic E-state index is 14.9. The molecule has 0 unspecified atom stereocenters. The van der Waals surface area contributed by atoms with E-state index in [0.717, 1.165) is 73.3 Å². The highest BCUT2D eigenvalue weighted by Gasteiger charge is 2.80. The van der Waals surface area contributed by atoms with Crippen LogP contribution in [0.15, 0.2) is 11.6 Å².